The number of sulfonamides is 1. The number of carbonyl (C=O) groups excluding carboxylic acids is 3. The van der Waals surface area contributed by atoms with Crippen molar-refractivity contribution in [2.45, 2.75) is 55.1 Å². The zero-order chi connectivity index (χ0) is 39.4. The second-order valence-corrected chi connectivity index (χ2v) is 17.8. The molecule has 1 amide bonds. The van der Waals surface area contributed by atoms with Crippen LogP contribution < -0.4 is 25.1 Å². The highest BCUT2D eigenvalue weighted by Crippen LogP contribution is 2.56. The minimum absolute atomic E-state index is 0.00312. The largest absolute Gasteiger partial charge is 0.507 e. The molecule has 16 heteroatoms. The highest BCUT2D eigenvalue weighted by Gasteiger charge is 2.61. The second kappa shape index (κ2) is 15.0. The molecule has 0 saturated carbocycles. The molecule has 0 radical (unpaired) electrons. The number of hydrogen-bond acceptors (Lipinski definition) is 11. The Morgan fingerprint density at radius 3 is 2.51 bits per heavy atom. The van der Waals surface area contributed by atoms with E-state index in [9.17, 15) is 32.7 Å². The summed E-state index contributed by atoms with van der Waals surface area (Å²) >= 11 is 8.11. The average Bonchev–Trinajstić information content (AvgIpc) is 3.48. The van der Waals surface area contributed by atoms with Crippen molar-refractivity contribution >= 4 is 50.9 Å². The monoisotopic (exact) mass is 811 g/mol. The van der Waals surface area contributed by atoms with Crippen molar-refractivity contribution in [3.05, 3.63) is 92.1 Å². The maximum Gasteiger partial charge on any atom is 0.250 e. The molecule has 1 spiro atoms. The Morgan fingerprint density at radius 1 is 1.09 bits per heavy atom. The van der Waals surface area contributed by atoms with Gasteiger partial charge in [0.15, 0.2) is 17.3 Å². The summed E-state index contributed by atoms with van der Waals surface area (Å²) in [5.74, 6) is -4.38. The summed E-state index contributed by atoms with van der Waals surface area (Å²) < 4.78 is 47.5. The van der Waals surface area contributed by atoms with Crippen LogP contribution in [0.25, 0.3) is 0 Å². The van der Waals surface area contributed by atoms with Crippen molar-refractivity contribution in [3.8, 4) is 17.2 Å². The number of benzene rings is 2. The highest BCUT2D eigenvalue weighted by atomic mass is 35.5. The Labute approximate surface area is 328 Å². The van der Waals surface area contributed by atoms with Gasteiger partial charge >= 0.3 is 0 Å². The first-order valence-corrected chi connectivity index (χ1v) is 21.2. The van der Waals surface area contributed by atoms with E-state index in [1.54, 1.807) is 29.7 Å². The van der Waals surface area contributed by atoms with Crippen LogP contribution in [0.4, 0.5) is 0 Å². The molecule has 3 unspecified atom stereocenters. The number of piperidine rings is 1. The van der Waals surface area contributed by atoms with Crippen LogP contribution in [0, 0.1) is 11.8 Å². The van der Waals surface area contributed by atoms with Crippen molar-refractivity contribution in [1.82, 2.24) is 14.2 Å². The molecule has 4 heterocycles. The smallest absolute Gasteiger partial charge is 0.250 e. The number of methoxy groups -OCH3 is 2. The van der Waals surface area contributed by atoms with Crippen molar-refractivity contribution in [3.63, 3.8) is 0 Å². The first kappa shape index (κ1) is 38.9. The molecular weight excluding hydrogens is 770 g/mol. The van der Waals surface area contributed by atoms with Gasteiger partial charge in [-0.05, 0) is 42.4 Å². The lowest BCUT2D eigenvalue weighted by atomic mass is 9.69. The Kier molecular flexibility index (Phi) is 10.6. The van der Waals surface area contributed by atoms with Gasteiger partial charge in [0.25, 0.3) is 5.56 Å². The molecule has 5 atom stereocenters. The number of allylic oxidation sites excluding steroid dienone is 1. The van der Waals surface area contributed by atoms with E-state index in [0.717, 1.165) is 17.0 Å². The minimum atomic E-state index is -3.79. The zero-order valence-corrected chi connectivity index (χ0v) is 33.2. The number of Topliss-reactive ketones (excluding diaryl/α,β-unsaturated/α-hetero) is 2. The standard InChI is InChI=1S/C39H42ClN3O10S2/c1-21-14-28(44)33(37(47)39(21)38(48)34-29(51-2)17-30(52-3)35(40)36(34)53-39)26(23-8-10-25(54-4)11-9-23)16-31(45)41-12-13-55(49,50)42-18-22-15-24(20-42)27-6-5-7-32(46)43(27)19-22/h5-11,17,21-22,24,26,47H,12-16,18-20H2,1-4H3,(H,41,45)/t21-,22?,24?,26?,39+/m1/s1. The molecular formula is C39H42ClN3O10S2. The summed E-state index contributed by atoms with van der Waals surface area (Å²) in [7, 11) is -1.02. The topological polar surface area (TPSA) is 171 Å². The fourth-order valence-corrected chi connectivity index (χ4v) is 10.7. The van der Waals surface area contributed by atoms with Crippen molar-refractivity contribution in [2.24, 2.45) is 11.8 Å². The van der Waals surface area contributed by atoms with Crippen LogP contribution in [-0.2, 0) is 26.2 Å². The molecule has 13 nitrogen and oxygen atoms in total. The summed E-state index contributed by atoms with van der Waals surface area (Å²) in [6.45, 7) is 2.40. The highest BCUT2D eigenvalue weighted by molar-refractivity contribution is 7.98. The number of amides is 1. The number of ether oxygens (including phenoxy) is 3. The fourth-order valence-electron chi connectivity index (χ4n) is 8.55. The van der Waals surface area contributed by atoms with Gasteiger partial charge in [-0.25, -0.2) is 12.7 Å². The van der Waals surface area contributed by atoms with E-state index in [2.05, 4.69) is 5.32 Å². The van der Waals surface area contributed by atoms with Gasteiger partial charge in [-0.2, -0.15) is 0 Å². The second-order valence-electron chi connectivity index (χ2n) is 14.5. The Bertz CT molecular complexity index is 2280. The maximum absolute atomic E-state index is 14.4. The van der Waals surface area contributed by atoms with E-state index in [1.165, 1.54) is 42.4 Å². The first-order chi connectivity index (χ1) is 26.2. The number of nitrogens with one attached hydrogen (secondary N) is 1. The molecule has 2 N–H and O–H groups in total. The minimum Gasteiger partial charge on any atom is -0.507 e. The third-order valence-electron chi connectivity index (χ3n) is 11.3. The summed E-state index contributed by atoms with van der Waals surface area (Å²) in [6.07, 6.45) is 2.17. The summed E-state index contributed by atoms with van der Waals surface area (Å²) in [6, 6.07) is 13.7. The van der Waals surface area contributed by atoms with Crippen LogP contribution in [0.3, 0.4) is 0 Å². The van der Waals surface area contributed by atoms with Crippen molar-refractivity contribution in [2.75, 3.05) is 45.9 Å². The quantitative estimate of drug-likeness (QED) is 0.257. The van der Waals surface area contributed by atoms with Crippen LogP contribution >= 0.6 is 23.4 Å². The van der Waals surface area contributed by atoms with Crippen LogP contribution in [0.2, 0.25) is 5.02 Å². The van der Waals surface area contributed by atoms with Crippen molar-refractivity contribution < 1.29 is 42.1 Å². The molecule has 2 aromatic carbocycles. The molecule has 3 aliphatic heterocycles. The predicted molar refractivity (Wildman–Crippen MR) is 206 cm³/mol. The van der Waals surface area contributed by atoms with Gasteiger partial charge in [0.05, 0.1) is 20.0 Å². The number of halogens is 1. The van der Waals surface area contributed by atoms with Gasteiger partial charge in [0.2, 0.25) is 27.3 Å². The van der Waals surface area contributed by atoms with Crippen LogP contribution in [0.15, 0.2) is 69.6 Å². The number of aromatic nitrogens is 1. The van der Waals surface area contributed by atoms with Gasteiger partial charge in [-0.3, -0.25) is 19.2 Å². The molecule has 1 aliphatic carbocycles. The lowest BCUT2D eigenvalue weighted by Crippen LogP contribution is -2.53. The van der Waals surface area contributed by atoms with E-state index in [1.807, 2.05) is 24.5 Å². The Balaban J connectivity index is 1.15. The van der Waals surface area contributed by atoms with Crippen LogP contribution in [-0.4, -0.2) is 91.3 Å². The lowest BCUT2D eigenvalue weighted by molar-refractivity contribution is -0.121. The summed E-state index contributed by atoms with van der Waals surface area (Å²) in [5.41, 5.74) is -0.936. The summed E-state index contributed by atoms with van der Waals surface area (Å²) in [4.78, 5) is 55.4. The van der Waals surface area contributed by atoms with Gasteiger partial charge in [-0.1, -0.05) is 36.7 Å². The average molecular weight is 812 g/mol. The predicted octanol–water partition coefficient (Wildman–Crippen LogP) is 4.71. The number of carbonyl (C=O) groups is 3. The molecule has 292 valence electrons. The number of ketones is 2. The summed E-state index contributed by atoms with van der Waals surface area (Å²) in [5, 5.41) is 14.9. The number of thioether (sulfide) groups is 1. The number of pyridine rings is 1. The van der Waals surface area contributed by atoms with Crippen LogP contribution in [0.1, 0.15) is 59.6 Å². The number of rotatable bonds is 11. The third-order valence-corrected chi connectivity index (χ3v) is 14.2. The van der Waals surface area contributed by atoms with Gasteiger partial charge in [0, 0.05) is 85.1 Å². The Hall–Kier alpha value is -4.31. The van der Waals surface area contributed by atoms with Crippen molar-refractivity contribution in [1.29, 1.82) is 0 Å². The number of aliphatic hydroxyl groups is 1. The molecule has 1 saturated heterocycles. The number of fused-ring (bicyclic) bond motifs is 5. The normalized spacial score (nSPS) is 23.9. The molecule has 1 aromatic heterocycles. The zero-order valence-electron chi connectivity index (χ0n) is 30.8. The van der Waals surface area contributed by atoms with Crippen LogP contribution in [0.5, 0.6) is 17.2 Å². The van der Waals surface area contributed by atoms with E-state index in [4.69, 9.17) is 25.8 Å². The Morgan fingerprint density at radius 2 is 1.82 bits per heavy atom. The number of nitrogens with zero attached hydrogens (tertiary/aromatic N) is 2. The van der Waals surface area contributed by atoms with E-state index in [0.29, 0.717) is 12.1 Å². The molecule has 4 aliphatic rings. The number of hydrogen-bond donors (Lipinski definition) is 2. The van der Waals surface area contributed by atoms with Gasteiger partial charge in [0.1, 0.15) is 22.1 Å². The van der Waals surface area contributed by atoms with E-state index < -0.39 is 50.7 Å². The SMILES string of the molecule is COc1cc(OC)c2c(c1Cl)O[C@]1(C2=O)C(O)=C(C(CC(=O)NCCS(=O)(=O)N2CC3CC(C2)c2cccc(=O)n2C3)c2ccc(SC)cc2)C(=O)C[C@H]1C. The molecule has 55 heavy (non-hydrogen) atoms. The molecule has 3 aromatic rings. The molecule has 1 fully saturated rings. The van der Waals surface area contributed by atoms with Gasteiger partial charge in [-0.15, -0.1) is 11.8 Å². The van der Waals surface area contributed by atoms with Gasteiger partial charge < -0.3 is 29.2 Å². The van der Waals surface area contributed by atoms with E-state index >= 15 is 0 Å². The van der Waals surface area contributed by atoms with E-state index in [-0.39, 0.29) is 89.0 Å². The number of aliphatic hydroxyl groups excluding tert-OH is 1. The third kappa shape index (κ3) is 6.72. The molecule has 2 bridgehead atoms. The fraction of sp³-hybridized carbons (Fsp3) is 0.436. The maximum atomic E-state index is 14.4. The molecule has 7 rings (SSSR count). The first-order valence-electron chi connectivity index (χ1n) is 18.0. The lowest BCUT2D eigenvalue weighted by Gasteiger charge is -2.42.